The van der Waals surface area contributed by atoms with E-state index in [9.17, 15) is 14.0 Å². The quantitative estimate of drug-likeness (QED) is 0.830. The summed E-state index contributed by atoms with van der Waals surface area (Å²) in [4.78, 5) is 23.3. The highest BCUT2D eigenvalue weighted by atomic mass is 19.1. The Morgan fingerprint density at radius 3 is 2.43 bits per heavy atom. The van der Waals surface area contributed by atoms with Crippen molar-refractivity contribution in [3.05, 3.63) is 66.0 Å². The molecule has 2 amide bonds. The second kappa shape index (κ2) is 7.19. The summed E-state index contributed by atoms with van der Waals surface area (Å²) in [6, 6.07) is 14.9. The molecule has 0 radical (unpaired) electrons. The van der Waals surface area contributed by atoms with Crippen molar-refractivity contribution in [2.75, 3.05) is 5.32 Å². The molecular formula is C16H15FN2O2. The van der Waals surface area contributed by atoms with Crippen molar-refractivity contribution < 1.29 is 14.0 Å². The van der Waals surface area contributed by atoms with Gasteiger partial charge in [-0.15, -0.1) is 0 Å². The van der Waals surface area contributed by atoms with Gasteiger partial charge in [-0.05, 0) is 23.8 Å². The smallest absolute Gasteiger partial charge is 0.233 e. The molecule has 0 saturated heterocycles. The van der Waals surface area contributed by atoms with E-state index in [1.165, 1.54) is 18.2 Å². The molecule has 0 heterocycles. The van der Waals surface area contributed by atoms with Gasteiger partial charge in [-0.3, -0.25) is 9.59 Å². The van der Waals surface area contributed by atoms with E-state index >= 15 is 0 Å². The topological polar surface area (TPSA) is 58.2 Å². The highest BCUT2D eigenvalue weighted by Gasteiger charge is 2.09. The molecule has 108 valence electrons. The molecule has 0 spiro atoms. The number of rotatable bonds is 5. The molecular weight excluding hydrogens is 271 g/mol. The number of carbonyl (C=O) groups excluding carboxylic acids is 2. The number of carbonyl (C=O) groups is 2. The van der Waals surface area contributed by atoms with Gasteiger partial charge in [-0.25, -0.2) is 4.39 Å². The highest BCUT2D eigenvalue weighted by molar-refractivity contribution is 6.03. The average Bonchev–Trinajstić information content (AvgIpc) is 2.46. The van der Waals surface area contributed by atoms with Crippen molar-refractivity contribution in [2.24, 2.45) is 0 Å². The maximum atomic E-state index is 13.0. The molecule has 2 aromatic rings. The van der Waals surface area contributed by atoms with Crippen LogP contribution in [0.15, 0.2) is 54.6 Å². The number of anilines is 1. The second-order valence-electron chi connectivity index (χ2n) is 4.50. The Bertz CT molecular complexity index is 629. The van der Waals surface area contributed by atoms with Crippen LogP contribution in [0.1, 0.15) is 12.0 Å². The largest absolute Gasteiger partial charge is 0.352 e. The van der Waals surface area contributed by atoms with Crippen LogP contribution in [0.4, 0.5) is 10.1 Å². The number of halogens is 1. The lowest BCUT2D eigenvalue weighted by molar-refractivity contribution is -0.126. The molecule has 2 rings (SSSR count). The third-order valence-corrected chi connectivity index (χ3v) is 2.76. The number of benzene rings is 2. The fourth-order valence-corrected chi connectivity index (χ4v) is 1.78. The van der Waals surface area contributed by atoms with Crippen LogP contribution in [0.3, 0.4) is 0 Å². The van der Waals surface area contributed by atoms with Crippen molar-refractivity contribution in [1.29, 1.82) is 0 Å². The Kier molecular flexibility index (Phi) is 5.04. The standard InChI is InChI=1S/C16H15FN2O2/c17-13-7-4-8-14(9-13)19-16(21)10-15(20)18-11-12-5-2-1-3-6-12/h1-9H,10-11H2,(H,18,20)(H,19,21). The fraction of sp³-hybridized carbons (Fsp3) is 0.125. The highest BCUT2D eigenvalue weighted by Crippen LogP contribution is 2.09. The van der Waals surface area contributed by atoms with Gasteiger partial charge in [0, 0.05) is 12.2 Å². The van der Waals surface area contributed by atoms with Gasteiger partial charge in [0.1, 0.15) is 12.2 Å². The van der Waals surface area contributed by atoms with Crippen LogP contribution < -0.4 is 10.6 Å². The first-order chi connectivity index (χ1) is 10.1. The summed E-state index contributed by atoms with van der Waals surface area (Å²) in [6.07, 6.45) is -0.302. The minimum Gasteiger partial charge on any atom is -0.352 e. The van der Waals surface area contributed by atoms with E-state index in [0.717, 1.165) is 5.56 Å². The molecule has 0 bridgehead atoms. The summed E-state index contributed by atoms with van der Waals surface area (Å²) in [6.45, 7) is 0.368. The molecule has 0 unspecified atom stereocenters. The zero-order valence-corrected chi connectivity index (χ0v) is 11.3. The van der Waals surface area contributed by atoms with Gasteiger partial charge >= 0.3 is 0 Å². The molecule has 0 aromatic heterocycles. The molecule has 2 aromatic carbocycles. The van der Waals surface area contributed by atoms with E-state index in [-0.39, 0.29) is 12.3 Å². The maximum Gasteiger partial charge on any atom is 0.233 e. The third kappa shape index (κ3) is 5.06. The molecule has 0 aliphatic carbocycles. The second-order valence-corrected chi connectivity index (χ2v) is 4.50. The molecule has 0 aliphatic rings. The predicted octanol–water partition coefficient (Wildman–Crippen LogP) is 2.47. The summed E-state index contributed by atoms with van der Waals surface area (Å²) in [5.41, 5.74) is 1.28. The van der Waals surface area contributed by atoms with E-state index in [4.69, 9.17) is 0 Å². The zero-order valence-electron chi connectivity index (χ0n) is 11.3. The first-order valence-electron chi connectivity index (χ1n) is 6.49. The van der Waals surface area contributed by atoms with Gasteiger partial charge in [-0.1, -0.05) is 36.4 Å². The Labute approximate surface area is 122 Å². The van der Waals surface area contributed by atoms with Crippen LogP contribution in [-0.4, -0.2) is 11.8 Å². The average molecular weight is 286 g/mol. The maximum absolute atomic E-state index is 13.0. The van der Waals surface area contributed by atoms with Crippen molar-refractivity contribution >= 4 is 17.5 Å². The van der Waals surface area contributed by atoms with Gasteiger partial charge in [0.05, 0.1) is 0 Å². The van der Waals surface area contributed by atoms with Gasteiger partial charge in [0.25, 0.3) is 0 Å². The number of amides is 2. The molecule has 0 atom stereocenters. The van der Waals surface area contributed by atoms with Crippen LogP contribution in [-0.2, 0) is 16.1 Å². The minimum atomic E-state index is -0.480. The van der Waals surface area contributed by atoms with Gasteiger partial charge in [0.2, 0.25) is 11.8 Å². The molecule has 4 nitrogen and oxygen atoms in total. The summed E-state index contributed by atoms with van der Waals surface area (Å²) < 4.78 is 13.0. The van der Waals surface area contributed by atoms with E-state index in [1.54, 1.807) is 6.07 Å². The summed E-state index contributed by atoms with van der Waals surface area (Å²) >= 11 is 0. The van der Waals surface area contributed by atoms with E-state index in [0.29, 0.717) is 12.2 Å². The summed E-state index contributed by atoms with van der Waals surface area (Å²) in [7, 11) is 0. The van der Waals surface area contributed by atoms with Crippen molar-refractivity contribution in [1.82, 2.24) is 5.32 Å². The Morgan fingerprint density at radius 1 is 0.952 bits per heavy atom. The number of hydrogen-bond donors (Lipinski definition) is 2. The Balaban J connectivity index is 1.78. The molecule has 0 saturated carbocycles. The lowest BCUT2D eigenvalue weighted by Crippen LogP contribution is -2.27. The van der Waals surface area contributed by atoms with Gasteiger partial charge in [0.15, 0.2) is 0 Å². The summed E-state index contributed by atoms with van der Waals surface area (Å²) in [5, 5.41) is 5.13. The third-order valence-electron chi connectivity index (χ3n) is 2.76. The van der Waals surface area contributed by atoms with Crippen molar-refractivity contribution in [2.45, 2.75) is 13.0 Å². The normalized spacial score (nSPS) is 9.95. The molecule has 0 fully saturated rings. The molecule has 2 N–H and O–H groups in total. The molecule has 0 aliphatic heterocycles. The van der Waals surface area contributed by atoms with Crippen LogP contribution in [0, 0.1) is 5.82 Å². The van der Waals surface area contributed by atoms with Crippen molar-refractivity contribution in [3.63, 3.8) is 0 Å². The first-order valence-corrected chi connectivity index (χ1v) is 6.49. The van der Waals surface area contributed by atoms with Crippen LogP contribution in [0.2, 0.25) is 0 Å². The number of nitrogens with one attached hydrogen (secondary N) is 2. The minimum absolute atomic E-state index is 0.302. The Morgan fingerprint density at radius 2 is 1.71 bits per heavy atom. The first kappa shape index (κ1) is 14.7. The number of hydrogen-bond acceptors (Lipinski definition) is 2. The van der Waals surface area contributed by atoms with E-state index < -0.39 is 11.7 Å². The van der Waals surface area contributed by atoms with E-state index in [2.05, 4.69) is 10.6 Å². The Hall–Kier alpha value is -2.69. The zero-order chi connectivity index (χ0) is 15.1. The van der Waals surface area contributed by atoms with Gasteiger partial charge < -0.3 is 10.6 Å². The molecule has 21 heavy (non-hydrogen) atoms. The van der Waals surface area contributed by atoms with Gasteiger partial charge in [-0.2, -0.15) is 0 Å². The van der Waals surface area contributed by atoms with Crippen LogP contribution in [0.25, 0.3) is 0 Å². The summed E-state index contributed by atoms with van der Waals surface area (Å²) in [5.74, 6) is -1.31. The SMILES string of the molecule is O=C(CC(=O)Nc1cccc(F)c1)NCc1ccccc1. The lowest BCUT2D eigenvalue weighted by atomic mass is 10.2. The fourth-order valence-electron chi connectivity index (χ4n) is 1.78. The van der Waals surface area contributed by atoms with Crippen LogP contribution in [0.5, 0.6) is 0 Å². The predicted molar refractivity (Wildman–Crippen MR) is 77.9 cm³/mol. The van der Waals surface area contributed by atoms with Crippen molar-refractivity contribution in [3.8, 4) is 0 Å². The molecule has 5 heteroatoms. The lowest BCUT2D eigenvalue weighted by Gasteiger charge is -2.07. The monoisotopic (exact) mass is 286 g/mol. The van der Waals surface area contributed by atoms with Crippen LogP contribution >= 0.6 is 0 Å². The van der Waals surface area contributed by atoms with E-state index in [1.807, 2.05) is 30.3 Å².